The molecule has 0 saturated carbocycles. The number of rotatable bonds is 4. The van der Waals surface area contributed by atoms with Crippen molar-refractivity contribution in [3.63, 3.8) is 0 Å². The van der Waals surface area contributed by atoms with Crippen LogP contribution in [0.3, 0.4) is 0 Å². The SMILES string of the molecule is C=C/C(=C\N(C)C)c1cnn2c(N)c(Cl)c(C3CCCN(C(=O)OC(C)(C)C)C3)nc12. The van der Waals surface area contributed by atoms with Gasteiger partial charge in [-0.15, -0.1) is 0 Å². The zero-order valence-electron chi connectivity index (χ0n) is 18.9. The molecule has 1 aliphatic heterocycles. The maximum absolute atomic E-state index is 12.6. The molecule has 168 valence electrons. The van der Waals surface area contributed by atoms with Crippen molar-refractivity contribution in [1.82, 2.24) is 24.4 Å². The number of halogens is 1. The highest BCUT2D eigenvalue weighted by Gasteiger charge is 2.31. The molecule has 1 atom stereocenters. The van der Waals surface area contributed by atoms with Crippen molar-refractivity contribution in [1.29, 1.82) is 0 Å². The first-order valence-electron chi connectivity index (χ1n) is 10.3. The average Bonchev–Trinajstić information content (AvgIpc) is 3.11. The highest BCUT2D eigenvalue weighted by Crippen LogP contribution is 2.35. The van der Waals surface area contributed by atoms with E-state index in [4.69, 9.17) is 27.1 Å². The van der Waals surface area contributed by atoms with Gasteiger partial charge in [-0.3, -0.25) is 0 Å². The molecule has 1 aliphatic rings. The van der Waals surface area contributed by atoms with Gasteiger partial charge < -0.3 is 20.3 Å². The average molecular weight is 447 g/mol. The first kappa shape index (κ1) is 22.9. The number of nitrogens with two attached hydrogens (primary N) is 1. The van der Waals surface area contributed by atoms with E-state index in [0.717, 1.165) is 24.0 Å². The van der Waals surface area contributed by atoms with Gasteiger partial charge in [-0.2, -0.15) is 9.61 Å². The minimum atomic E-state index is -0.546. The zero-order chi connectivity index (χ0) is 22.9. The molecule has 2 N–H and O–H groups in total. The lowest BCUT2D eigenvalue weighted by Crippen LogP contribution is -2.42. The molecule has 0 radical (unpaired) electrons. The molecular weight excluding hydrogens is 416 g/mol. The second kappa shape index (κ2) is 8.78. The van der Waals surface area contributed by atoms with Crippen LogP contribution < -0.4 is 5.73 Å². The summed E-state index contributed by atoms with van der Waals surface area (Å²) >= 11 is 6.62. The number of nitrogens with zero attached hydrogens (tertiary/aromatic N) is 5. The number of likely N-dealkylation sites (tertiary alicyclic amines) is 1. The standard InChI is InChI=1S/C22H31ClN6O2/c1-7-14(12-27(5)6)16-11-25-29-19(24)17(23)18(26-20(16)29)15-9-8-10-28(13-15)21(30)31-22(2,3)4/h7,11-12,15H,1,8-10,13,24H2,2-6H3/b14-12+. The fourth-order valence-electron chi connectivity index (χ4n) is 3.69. The van der Waals surface area contributed by atoms with Gasteiger partial charge in [0, 0.05) is 50.4 Å². The summed E-state index contributed by atoms with van der Waals surface area (Å²) in [6.07, 6.45) is 6.78. The Morgan fingerprint density at radius 2 is 2.13 bits per heavy atom. The lowest BCUT2D eigenvalue weighted by atomic mass is 9.94. The largest absolute Gasteiger partial charge is 0.444 e. The molecule has 9 heteroatoms. The van der Waals surface area contributed by atoms with Crippen molar-refractivity contribution >= 4 is 34.7 Å². The number of hydrogen-bond acceptors (Lipinski definition) is 6. The lowest BCUT2D eigenvalue weighted by molar-refractivity contribution is 0.0197. The van der Waals surface area contributed by atoms with E-state index in [2.05, 4.69) is 11.7 Å². The monoisotopic (exact) mass is 446 g/mol. The van der Waals surface area contributed by atoms with Crippen LogP contribution in [0.2, 0.25) is 5.02 Å². The van der Waals surface area contributed by atoms with Crippen LogP contribution in [-0.2, 0) is 4.74 Å². The topological polar surface area (TPSA) is 89.0 Å². The minimum Gasteiger partial charge on any atom is -0.444 e. The number of allylic oxidation sites excluding steroid dienone is 2. The summed E-state index contributed by atoms with van der Waals surface area (Å²) in [4.78, 5) is 21.1. The Morgan fingerprint density at radius 1 is 1.42 bits per heavy atom. The molecular formula is C22H31ClN6O2. The fourth-order valence-corrected chi connectivity index (χ4v) is 3.97. The van der Waals surface area contributed by atoms with Crippen LogP contribution in [0.5, 0.6) is 0 Å². The number of anilines is 1. The van der Waals surface area contributed by atoms with Gasteiger partial charge in [0.25, 0.3) is 0 Å². The molecule has 1 saturated heterocycles. The van der Waals surface area contributed by atoms with E-state index in [-0.39, 0.29) is 12.0 Å². The van der Waals surface area contributed by atoms with E-state index in [1.807, 2.05) is 46.0 Å². The van der Waals surface area contributed by atoms with Crippen LogP contribution >= 0.6 is 11.6 Å². The first-order chi connectivity index (χ1) is 14.5. The van der Waals surface area contributed by atoms with E-state index < -0.39 is 5.60 Å². The van der Waals surface area contributed by atoms with Gasteiger partial charge >= 0.3 is 6.09 Å². The van der Waals surface area contributed by atoms with Gasteiger partial charge in [-0.25, -0.2) is 9.78 Å². The highest BCUT2D eigenvalue weighted by molar-refractivity contribution is 6.33. The minimum absolute atomic E-state index is 0.0474. The Balaban J connectivity index is 2.00. The highest BCUT2D eigenvalue weighted by atomic mass is 35.5. The third-order valence-corrected chi connectivity index (χ3v) is 5.42. The summed E-state index contributed by atoms with van der Waals surface area (Å²) < 4.78 is 7.09. The number of piperidine rings is 1. The van der Waals surface area contributed by atoms with Crippen molar-refractivity contribution < 1.29 is 9.53 Å². The molecule has 31 heavy (non-hydrogen) atoms. The summed E-state index contributed by atoms with van der Waals surface area (Å²) in [5.41, 5.74) is 8.75. The number of carbonyl (C=O) groups excluding carboxylic acids is 1. The number of carbonyl (C=O) groups is 1. The number of hydrogen-bond donors (Lipinski definition) is 1. The quantitative estimate of drug-likeness (QED) is 0.709. The van der Waals surface area contributed by atoms with Gasteiger partial charge in [0.05, 0.1) is 11.9 Å². The fraction of sp³-hybridized carbons (Fsp3) is 0.500. The molecule has 1 amide bonds. The molecule has 2 aromatic rings. The van der Waals surface area contributed by atoms with Crippen molar-refractivity contribution in [3.8, 4) is 0 Å². The van der Waals surface area contributed by atoms with Gasteiger partial charge in [-0.05, 0) is 33.6 Å². The smallest absolute Gasteiger partial charge is 0.410 e. The van der Waals surface area contributed by atoms with Crippen molar-refractivity contribution in [3.05, 3.63) is 41.3 Å². The van der Waals surface area contributed by atoms with E-state index in [1.54, 1.807) is 21.7 Å². The van der Waals surface area contributed by atoms with Crippen LogP contribution in [0, 0.1) is 0 Å². The van der Waals surface area contributed by atoms with E-state index >= 15 is 0 Å². The molecule has 0 aliphatic carbocycles. The number of ether oxygens (including phenoxy) is 1. The Bertz CT molecular complexity index is 1020. The molecule has 8 nitrogen and oxygen atoms in total. The number of aromatic nitrogens is 3. The molecule has 1 unspecified atom stereocenters. The zero-order valence-corrected chi connectivity index (χ0v) is 19.6. The number of nitrogen functional groups attached to an aromatic ring is 1. The molecule has 2 aromatic heterocycles. The molecule has 0 aromatic carbocycles. The molecule has 0 bridgehead atoms. The Labute approximate surface area is 188 Å². The first-order valence-corrected chi connectivity index (χ1v) is 10.7. The second-order valence-corrected chi connectivity index (χ2v) is 9.39. The summed E-state index contributed by atoms with van der Waals surface area (Å²) in [5, 5.41) is 4.75. The predicted molar refractivity (Wildman–Crippen MR) is 124 cm³/mol. The summed E-state index contributed by atoms with van der Waals surface area (Å²) in [7, 11) is 3.87. The second-order valence-electron chi connectivity index (χ2n) is 9.01. The summed E-state index contributed by atoms with van der Waals surface area (Å²) in [6.45, 7) is 10.6. The van der Waals surface area contributed by atoms with E-state index in [1.165, 1.54) is 0 Å². The van der Waals surface area contributed by atoms with E-state index in [9.17, 15) is 4.79 Å². The van der Waals surface area contributed by atoms with Crippen molar-refractivity contribution in [2.75, 3.05) is 32.9 Å². The van der Waals surface area contributed by atoms with Crippen molar-refractivity contribution in [2.24, 2.45) is 0 Å². The molecule has 1 fully saturated rings. The van der Waals surface area contributed by atoms with Gasteiger partial charge in [0.2, 0.25) is 0 Å². The normalized spacial score (nSPS) is 17.7. The third kappa shape index (κ3) is 4.95. The molecule has 3 rings (SSSR count). The third-order valence-electron chi connectivity index (χ3n) is 5.04. The van der Waals surface area contributed by atoms with Crippen LogP contribution in [0.25, 0.3) is 11.2 Å². The maximum atomic E-state index is 12.6. The van der Waals surface area contributed by atoms with Gasteiger partial charge in [0.15, 0.2) is 5.65 Å². The maximum Gasteiger partial charge on any atom is 0.410 e. The number of amides is 1. The van der Waals surface area contributed by atoms with Crippen LogP contribution in [0.15, 0.2) is 25.1 Å². The number of fused-ring (bicyclic) bond motifs is 1. The Hall–Kier alpha value is -2.74. The predicted octanol–water partition coefficient (Wildman–Crippen LogP) is 4.17. The van der Waals surface area contributed by atoms with Gasteiger partial charge in [0.1, 0.15) is 16.4 Å². The summed E-state index contributed by atoms with van der Waals surface area (Å²) in [5.74, 6) is 0.282. The molecule has 3 heterocycles. The van der Waals surface area contributed by atoms with Gasteiger partial charge in [-0.1, -0.05) is 24.3 Å². The Kier molecular flexibility index (Phi) is 6.50. The van der Waals surface area contributed by atoms with Crippen molar-refractivity contribution in [2.45, 2.75) is 45.1 Å². The molecule has 0 spiro atoms. The van der Waals surface area contributed by atoms with Crippen LogP contribution in [0.1, 0.15) is 50.8 Å². The van der Waals surface area contributed by atoms with Crippen LogP contribution in [0.4, 0.5) is 10.6 Å². The van der Waals surface area contributed by atoms with Crippen LogP contribution in [-0.4, -0.2) is 63.3 Å². The Morgan fingerprint density at radius 3 is 2.74 bits per heavy atom. The summed E-state index contributed by atoms with van der Waals surface area (Å²) in [6, 6.07) is 0. The lowest BCUT2D eigenvalue weighted by Gasteiger charge is -2.34. The van der Waals surface area contributed by atoms with E-state index in [0.29, 0.717) is 35.3 Å².